The van der Waals surface area contributed by atoms with Crippen LogP contribution in [0.15, 0.2) is 18.2 Å². The molecule has 0 heterocycles. The average Bonchev–Trinajstić information content (AvgIpc) is 2.40. The monoisotopic (exact) mass is 311 g/mol. The first-order valence-corrected chi connectivity index (χ1v) is 9.44. The topological polar surface area (TPSA) is 69.4 Å². The number of rotatable bonds is 4. The van der Waals surface area contributed by atoms with Crippen molar-refractivity contribution in [3.63, 3.8) is 0 Å². The first kappa shape index (κ1) is 16.3. The molecule has 5 heteroatoms. The molecule has 1 fully saturated rings. The highest BCUT2D eigenvalue weighted by molar-refractivity contribution is 7.91. The smallest absolute Gasteiger partial charge is 0.150 e. The second-order valence-electron chi connectivity index (χ2n) is 6.19. The van der Waals surface area contributed by atoms with Crippen molar-refractivity contribution in [1.29, 1.82) is 0 Å². The average molecular weight is 311 g/mol. The van der Waals surface area contributed by atoms with Gasteiger partial charge in [-0.25, -0.2) is 8.42 Å². The van der Waals surface area contributed by atoms with E-state index in [9.17, 15) is 8.42 Å². The minimum Gasteiger partial charge on any atom is -0.490 e. The third kappa shape index (κ3) is 4.20. The van der Waals surface area contributed by atoms with Crippen LogP contribution in [0.3, 0.4) is 0 Å². The Morgan fingerprint density at radius 1 is 1.33 bits per heavy atom. The zero-order valence-corrected chi connectivity index (χ0v) is 13.8. The molecule has 0 radical (unpaired) electrons. The van der Waals surface area contributed by atoms with Crippen molar-refractivity contribution >= 4 is 9.84 Å². The van der Waals surface area contributed by atoms with Crippen LogP contribution < -0.4 is 10.5 Å². The summed E-state index contributed by atoms with van der Waals surface area (Å²) in [7, 11) is -2.99. The molecular formula is C16H25NO3S. The molecule has 2 unspecified atom stereocenters. The van der Waals surface area contributed by atoms with Gasteiger partial charge in [0.2, 0.25) is 0 Å². The molecule has 2 N–H and O–H groups in total. The van der Waals surface area contributed by atoms with Crippen LogP contribution in [0.5, 0.6) is 5.75 Å². The Bertz CT molecular complexity index is 596. The maximum Gasteiger partial charge on any atom is 0.150 e. The summed E-state index contributed by atoms with van der Waals surface area (Å²) in [4.78, 5) is 0. The summed E-state index contributed by atoms with van der Waals surface area (Å²) in [6.07, 6.45) is 4.38. The molecule has 21 heavy (non-hydrogen) atoms. The summed E-state index contributed by atoms with van der Waals surface area (Å²) in [5, 5.41) is -0.277. The lowest BCUT2D eigenvalue weighted by molar-refractivity contribution is 0.154. The molecule has 1 aromatic carbocycles. The van der Waals surface area contributed by atoms with Crippen LogP contribution in [-0.2, 0) is 9.84 Å². The highest BCUT2D eigenvalue weighted by Gasteiger charge is 2.30. The molecule has 1 aromatic rings. The second kappa shape index (κ2) is 6.36. The zero-order chi connectivity index (χ0) is 15.6. The molecular weight excluding hydrogens is 286 g/mol. The van der Waals surface area contributed by atoms with E-state index >= 15 is 0 Å². The van der Waals surface area contributed by atoms with Crippen LogP contribution in [0.2, 0.25) is 0 Å². The Balaban J connectivity index is 2.15. The van der Waals surface area contributed by atoms with E-state index < -0.39 is 9.84 Å². The molecule has 118 valence electrons. The Kier molecular flexibility index (Phi) is 4.94. The number of hydrogen-bond donors (Lipinski definition) is 1. The van der Waals surface area contributed by atoms with Crippen molar-refractivity contribution in [1.82, 2.24) is 0 Å². The molecule has 0 aliphatic heterocycles. The van der Waals surface area contributed by atoms with Gasteiger partial charge in [-0.1, -0.05) is 17.7 Å². The molecule has 0 aromatic heterocycles. The van der Waals surface area contributed by atoms with E-state index in [0.717, 1.165) is 36.1 Å². The van der Waals surface area contributed by atoms with Gasteiger partial charge in [-0.2, -0.15) is 0 Å². The molecule has 2 rings (SSSR count). The Labute approximate surface area is 127 Å². The molecule has 0 amide bonds. The summed E-state index contributed by atoms with van der Waals surface area (Å²) < 4.78 is 29.5. The van der Waals surface area contributed by atoms with E-state index in [1.165, 1.54) is 6.26 Å². The fourth-order valence-corrected chi connectivity index (χ4v) is 4.07. The van der Waals surface area contributed by atoms with E-state index in [1.54, 1.807) is 0 Å². The van der Waals surface area contributed by atoms with Crippen molar-refractivity contribution in [3.8, 4) is 5.75 Å². The van der Waals surface area contributed by atoms with Crippen LogP contribution >= 0.6 is 0 Å². The normalized spacial score (nSPS) is 24.6. The van der Waals surface area contributed by atoms with Crippen molar-refractivity contribution < 1.29 is 13.2 Å². The van der Waals surface area contributed by atoms with E-state index in [0.29, 0.717) is 6.42 Å². The molecule has 3 atom stereocenters. The first-order chi connectivity index (χ1) is 9.77. The van der Waals surface area contributed by atoms with Gasteiger partial charge in [0.25, 0.3) is 0 Å². The van der Waals surface area contributed by atoms with Gasteiger partial charge >= 0.3 is 0 Å². The lowest BCUT2D eigenvalue weighted by atomic mass is 9.96. The summed E-state index contributed by atoms with van der Waals surface area (Å²) in [6, 6.07) is 5.88. The molecule has 1 aliphatic carbocycles. The molecule has 0 saturated heterocycles. The molecule has 1 saturated carbocycles. The van der Waals surface area contributed by atoms with Gasteiger partial charge < -0.3 is 10.5 Å². The number of sulfone groups is 1. The molecule has 0 spiro atoms. The lowest BCUT2D eigenvalue weighted by Crippen LogP contribution is -2.33. The summed E-state index contributed by atoms with van der Waals surface area (Å²) in [6.45, 7) is 3.96. The van der Waals surface area contributed by atoms with Crippen molar-refractivity contribution in [2.24, 2.45) is 5.73 Å². The van der Waals surface area contributed by atoms with Gasteiger partial charge in [-0.3, -0.25) is 0 Å². The fraction of sp³-hybridized carbons (Fsp3) is 0.625. The third-order valence-corrected chi connectivity index (χ3v) is 5.77. The van der Waals surface area contributed by atoms with E-state index in [2.05, 4.69) is 0 Å². The van der Waals surface area contributed by atoms with Crippen LogP contribution in [0.25, 0.3) is 0 Å². The van der Waals surface area contributed by atoms with Crippen LogP contribution in [0.1, 0.15) is 49.8 Å². The predicted molar refractivity (Wildman–Crippen MR) is 85.3 cm³/mol. The van der Waals surface area contributed by atoms with E-state index in [4.69, 9.17) is 10.5 Å². The quantitative estimate of drug-likeness (QED) is 0.928. The number of ether oxygens (including phenoxy) is 1. The predicted octanol–water partition coefficient (Wildman–Crippen LogP) is 2.75. The van der Waals surface area contributed by atoms with Crippen molar-refractivity contribution in [3.05, 3.63) is 29.3 Å². The Hall–Kier alpha value is -1.07. The van der Waals surface area contributed by atoms with E-state index in [-0.39, 0.29) is 17.4 Å². The summed E-state index contributed by atoms with van der Waals surface area (Å²) in [5.74, 6) is 0.787. The Morgan fingerprint density at radius 3 is 2.67 bits per heavy atom. The lowest BCUT2D eigenvalue weighted by Gasteiger charge is -2.29. The van der Waals surface area contributed by atoms with Gasteiger partial charge in [-0.15, -0.1) is 0 Å². The standard InChI is InChI=1S/C16H25NO3S/c1-11-7-8-16(15(9-11)12(2)17)20-13-5-4-6-14(10-13)21(3,18)19/h7-9,12-14H,4-6,10,17H2,1-3H3/t12-,13?,14?/m0/s1. The first-order valence-electron chi connectivity index (χ1n) is 7.49. The van der Waals surface area contributed by atoms with Crippen molar-refractivity contribution in [2.45, 2.75) is 56.9 Å². The van der Waals surface area contributed by atoms with Gasteiger partial charge in [-0.05, 0) is 39.2 Å². The van der Waals surface area contributed by atoms with Gasteiger partial charge in [0.05, 0.1) is 11.4 Å². The molecule has 1 aliphatic rings. The molecule has 0 bridgehead atoms. The SMILES string of the molecule is Cc1ccc(OC2CCCC(S(C)(=O)=O)C2)c([C@H](C)N)c1. The summed E-state index contributed by atoms with van der Waals surface area (Å²) >= 11 is 0. The second-order valence-corrected chi connectivity index (χ2v) is 8.51. The fourth-order valence-electron chi connectivity index (χ4n) is 2.91. The third-order valence-electron chi connectivity index (χ3n) is 4.13. The van der Waals surface area contributed by atoms with Gasteiger partial charge in [0, 0.05) is 24.3 Å². The summed E-state index contributed by atoms with van der Waals surface area (Å²) in [5.41, 5.74) is 8.14. The van der Waals surface area contributed by atoms with Gasteiger partial charge in [0.1, 0.15) is 15.6 Å². The Morgan fingerprint density at radius 2 is 2.05 bits per heavy atom. The van der Waals surface area contributed by atoms with Crippen LogP contribution in [-0.4, -0.2) is 26.0 Å². The number of hydrogen-bond acceptors (Lipinski definition) is 4. The highest BCUT2D eigenvalue weighted by atomic mass is 32.2. The number of nitrogens with two attached hydrogens (primary N) is 1. The minimum atomic E-state index is -2.99. The van der Waals surface area contributed by atoms with Gasteiger partial charge in [0.15, 0.2) is 0 Å². The number of aryl methyl sites for hydroxylation is 1. The van der Waals surface area contributed by atoms with E-state index in [1.807, 2.05) is 32.0 Å². The maximum atomic E-state index is 11.7. The maximum absolute atomic E-state index is 11.7. The van der Waals surface area contributed by atoms with Crippen LogP contribution in [0, 0.1) is 6.92 Å². The number of benzene rings is 1. The highest BCUT2D eigenvalue weighted by Crippen LogP contribution is 2.31. The van der Waals surface area contributed by atoms with Crippen LogP contribution in [0.4, 0.5) is 0 Å². The minimum absolute atomic E-state index is 0.0429. The van der Waals surface area contributed by atoms with Crippen molar-refractivity contribution in [2.75, 3.05) is 6.26 Å². The zero-order valence-electron chi connectivity index (χ0n) is 13.0. The largest absolute Gasteiger partial charge is 0.490 e. The molecule has 4 nitrogen and oxygen atoms in total.